The van der Waals surface area contributed by atoms with E-state index in [4.69, 9.17) is 4.74 Å². The highest BCUT2D eigenvalue weighted by Crippen LogP contribution is 2.47. The van der Waals surface area contributed by atoms with E-state index in [1.54, 1.807) is 6.20 Å². The Balaban J connectivity index is 1.33. The van der Waals surface area contributed by atoms with E-state index in [2.05, 4.69) is 83.4 Å². The highest BCUT2D eigenvalue weighted by Gasteiger charge is 2.38. The first-order chi connectivity index (χ1) is 18.4. The van der Waals surface area contributed by atoms with Crippen LogP contribution in [0.1, 0.15) is 34.0 Å². The van der Waals surface area contributed by atoms with Crippen molar-refractivity contribution >= 4 is 38.5 Å². The van der Waals surface area contributed by atoms with Crippen LogP contribution in [-0.4, -0.2) is 54.1 Å². The molecular formula is C32H34N4O2. The minimum Gasteiger partial charge on any atom is -0.493 e. The fourth-order valence-electron chi connectivity index (χ4n) is 5.76. The Morgan fingerprint density at radius 2 is 1.87 bits per heavy atom. The normalized spacial score (nSPS) is 17.0. The van der Waals surface area contributed by atoms with Crippen molar-refractivity contribution in [3.05, 3.63) is 83.7 Å². The zero-order valence-electron chi connectivity index (χ0n) is 22.5. The number of rotatable bonds is 8. The number of nitrogens with one attached hydrogen (secondary N) is 1. The highest BCUT2D eigenvalue weighted by molar-refractivity contribution is 6.17. The number of pyridine rings is 1. The number of likely N-dealkylation sites (N-methyl/N-ethyl adjacent to an activating group) is 1. The van der Waals surface area contributed by atoms with Crippen molar-refractivity contribution in [2.24, 2.45) is 13.0 Å². The number of carbonyl (C=O) groups excluding carboxylic acids is 1. The molecule has 6 nitrogen and oxygen atoms in total. The molecule has 1 N–H and O–H groups in total. The van der Waals surface area contributed by atoms with E-state index >= 15 is 0 Å². The highest BCUT2D eigenvalue weighted by atomic mass is 16.5. The predicted molar refractivity (Wildman–Crippen MR) is 154 cm³/mol. The molecule has 1 unspecified atom stereocenters. The van der Waals surface area contributed by atoms with Gasteiger partial charge in [0.15, 0.2) is 0 Å². The fourth-order valence-corrected chi connectivity index (χ4v) is 5.76. The third kappa shape index (κ3) is 4.39. The molecule has 0 aliphatic heterocycles. The van der Waals surface area contributed by atoms with Crippen LogP contribution in [0.3, 0.4) is 0 Å². The Labute approximate surface area is 223 Å². The topological polar surface area (TPSA) is 59.4 Å². The van der Waals surface area contributed by atoms with Crippen molar-refractivity contribution in [2.45, 2.75) is 19.3 Å². The quantitative estimate of drug-likeness (QED) is 0.295. The van der Waals surface area contributed by atoms with Crippen molar-refractivity contribution in [1.29, 1.82) is 0 Å². The summed E-state index contributed by atoms with van der Waals surface area (Å²) >= 11 is 0. The monoisotopic (exact) mass is 506 g/mol. The number of nitrogens with zero attached hydrogens (tertiary/aromatic N) is 3. The van der Waals surface area contributed by atoms with Crippen LogP contribution in [0.25, 0.3) is 32.6 Å². The summed E-state index contributed by atoms with van der Waals surface area (Å²) in [6.07, 6.45) is 2.91. The van der Waals surface area contributed by atoms with E-state index in [1.807, 2.05) is 25.1 Å². The zero-order valence-corrected chi connectivity index (χ0v) is 22.5. The van der Waals surface area contributed by atoms with Crippen molar-refractivity contribution in [3.63, 3.8) is 0 Å². The Kier molecular flexibility index (Phi) is 6.28. The molecule has 5 aromatic rings. The number of carbonyl (C=O) groups is 1. The standard InChI is InChI=1S/C32H34N4O2/c1-20-24-12-13-33-30(32(37)34-14-15-35(2)3)27(24)18-28-26-17-23(10-11-29(26)36(4)31(20)28)38-19-22-16-25(22)21-8-6-5-7-9-21/h5-13,17-18,22,25H,14-16,19H2,1-4H3,(H,34,37)/t22?,25-/m1/s1. The SMILES string of the molecule is Cc1c2ccnc(C(=O)NCCN(C)C)c2cc2c3cc(OCC4C[C@@H]4c4ccccc4)ccc3n(C)c12. The molecule has 6 heteroatoms. The molecule has 1 fully saturated rings. The molecule has 0 spiro atoms. The predicted octanol–water partition coefficient (Wildman–Crippen LogP) is 5.66. The van der Waals surface area contributed by atoms with Crippen molar-refractivity contribution in [1.82, 2.24) is 19.8 Å². The van der Waals surface area contributed by atoms with Gasteiger partial charge in [0.25, 0.3) is 5.91 Å². The maximum Gasteiger partial charge on any atom is 0.270 e. The first-order valence-electron chi connectivity index (χ1n) is 13.3. The molecule has 38 heavy (non-hydrogen) atoms. The van der Waals surface area contributed by atoms with Crippen LogP contribution in [0.5, 0.6) is 5.75 Å². The maximum atomic E-state index is 13.1. The first kappa shape index (κ1) is 24.4. The van der Waals surface area contributed by atoms with Crippen LogP contribution in [-0.2, 0) is 7.05 Å². The summed E-state index contributed by atoms with van der Waals surface area (Å²) in [7, 11) is 6.09. The fraction of sp³-hybridized carbons (Fsp3) is 0.312. The van der Waals surface area contributed by atoms with E-state index in [9.17, 15) is 4.79 Å². The van der Waals surface area contributed by atoms with Crippen LogP contribution in [0.15, 0.2) is 66.9 Å². The van der Waals surface area contributed by atoms with Crippen LogP contribution < -0.4 is 10.1 Å². The summed E-state index contributed by atoms with van der Waals surface area (Å²) in [6, 6.07) is 21.2. The largest absolute Gasteiger partial charge is 0.493 e. The van der Waals surface area contributed by atoms with Gasteiger partial charge in [-0.15, -0.1) is 0 Å². The third-order valence-electron chi connectivity index (χ3n) is 7.92. The Hall–Kier alpha value is -3.90. The second-order valence-electron chi connectivity index (χ2n) is 10.8. The van der Waals surface area contributed by atoms with Gasteiger partial charge in [0.2, 0.25) is 0 Å². The maximum absolute atomic E-state index is 13.1. The summed E-state index contributed by atoms with van der Waals surface area (Å²) in [5, 5.41) is 7.19. The molecule has 1 aliphatic carbocycles. The van der Waals surface area contributed by atoms with Crippen molar-refractivity contribution < 1.29 is 9.53 Å². The number of aryl methyl sites for hydroxylation is 2. The second-order valence-corrected chi connectivity index (χ2v) is 10.8. The molecule has 194 valence electrons. The summed E-state index contributed by atoms with van der Waals surface area (Å²) in [5.41, 5.74) is 5.33. The van der Waals surface area contributed by atoms with Gasteiger partial charge in [0.05, 0.1) is 12.1 Å². The lowest BCUT2D eigenvalue weighted by molar-refractivity contribution is 0.0948. The summed E-state index contributed by atoms with van der Waals surface area (Å²) in [5.74, 6) is 1.90. The van der Waals surface area contributed by atoms with Gasteiger partial charge in [-0.05, 0) is 80.2 Å². The molecule has 0 bridgehead atoms. The number of ether oxygens (including phenoxy) is 1. The number of amides is 1. The van der Waals surface area contributed by atoms with E-state index in [1.165, 1.54) is 17.5 Å². The minimum absolute atomic E-state index is 0.141. The zero-order chi connectivity index (χ0) is 26.4. The molecular weight excluding hydrogens is 472 g/mol. The van der Waals surface area contributed by atoms with Gasteiger partial charge in [-0.25, -0.2) is 0 Å². The molecule has 2 heterocycles. The lowest BCUT2D eigenvalue weighted by atomic mass is 10.00. The Morgan fingerprint density at radius 1 is 1.05 bits per heavy atom. The molecule has 3 aromatic carbocycles. The van der Waals surface area contributed by atoms with Gasteiger partial charge < -0.3 is 19.5 Å². The molecule has 6 rings (SSSR count). The van der Waals surface area contributed by atoms with Crippen molar-refractivity contribution in [2.75, 3.05) is 33.8 Å². The van der Waals surface area contributed by atoms with Crippen LogP contribution in [0.2, 0.25) is 0 Å². The Morgan fingerprint density at radius 3 is 2.66 bits per heavy atom. The number of benzene rings is 3. The lowest BCUT2D eigenvalue weighted by Gasteiger charge is -2.12. The van der Waals surface area contributed by atoms with Gasteiger partial charge in [-0.3, -0.25) is 9.78 Å². The second kappa shape index (κ2) is 9.76. The average molecular weight is 507 g/mol. The lowest BCUT2D eigenvalue weighted by Crippen LogP contribution is -2.31. The number of hydrogen-bond donors (Lipinski definition) is 1. The Bertz CT molecular complexity index is 1660. The smallest absolute Gasteiger partial charge is 0.270 e. The van der Waals surface area contributed by atoms with Gasteiger partial charge >= 0.3 is 0 Å². The van der Waals surface area contributed by atoms with E-state index in [0.717, 1.165) is 51.5 Å². The van der Waals surface area contributed by atoms with Gasteiger partial charge in [0.1, 0.15) is 11.4 Å². The van der Waals surface area contributed by atoms with Gasteiger partial charge in [-0.2, -0.15) is 0 Å². The van der Waals surface area contributed by atoms with Crippen LogP contribution in [0, 0.1) is 12.8 Å². The van der Waals surface area contributed by atoms with Crippen LogP contribution in [0.4, 0.5) is 0 Å². The van der Waals surface area contributed by atoms with E-state index < -0.39 is 0 Å². The van der Waals surface area contributed by atoms with Crippen LogP contribution >= 0.6 is 0 Å². The molecule has 1 aliphatic rings. The van der Waals surface area contributed by atoms with E-state index in [-0.39, 0.29) is 5.91 Å². The molecule has 0 radical (unpaired) electrons. The minimum atomic E-state index is -0.141. The molecule has 2 atom stereocenters. The van der Waals surface area contributed by atoms with Crippen molar-refractivity contribution in [3.8, 4) is 5.75 Å². The molecule has 1 saturated carbocycles. The van der Waals surface area contributed by atoms with Gasteiger partial charge in [0, 0.05) is 53.9 Å². The molecule has 1 amide bonds. The summed E-state index contributed by atoms with van der Waals surface area (Å²) < 4.78 is 8.54. The molecule has 2 aromatic heterocycles. The first-order valence-corrected chi connectivity index (χ1v) is 13.3. The van der Waals surface area contributed by atoms with Gasteiger partial charge in [-0.1, -0.05) is 30.3 Å². The number of hydrogen-bond acceptors (Lipinski definition) is 4. The summed E-state index contributed by atoms with van der Waals surface area (Å²) in [4.78, 5) is 19.6. The summed E-state index contributed by atoms with van der Waals surface area (Å²) in [6.45, 7) is 4.20. The van der Waals surface area contributed by atoms with E-state index in [0.29, 0.717) is 24.1 Å². The average Bonchev–Trinajstić information content (AvgIpc) is 3.65. The third-order valence-corrected chi connectivity index (χ3v) is 7.92. The number of fused-ring (bicyclic) bond motifs is 4. The molecule has 0 saturated heterocycles. The number of aromatic nitrogens is 2.